The molecular weight excluding hydrogens is 952 g/mol. The second-order valence-electron chi connectivity index (χ2n) is 30.9. The fraction of sp³-hybridized carbons (Fsp3) is 0.447. The molecule has 2 saturated carbocycles. The Kier molecular flexibility index (Phi) is 10.5. The van der Waals surface area contributed by atoms with Crippen LogP contribution in [0.3, 0.4) is 0 Å². The minimum atomic E-state index is -0.248. The van der Waals surface area contributed by atoms with Gasteiger partial charge in [-0.2, -0.15) is 0 Å². The first-order valence-corrected chi connectivity index (χ1v) is 30.7. The molecule has 4 aliphatic carbocycles. The van der Waals surface area contributed by atoms with Gasteiger partial charge >= 0.3 is 0 Å². The standard InChI is InChI=1S/C76H87BN2/c1-45-38-52(71(9,10)11)39-46(2)66(45)78-61-42-49(63-55-31-30-51(70(6,7)8)44-57(55)73(14)34-20-21-36-75(63,73)16)43-62-65(61)77(59-33-32-54-53-24-18-19-25-56(53)72(12,13)64(54)68(59)78)60-41-48(47-26-28-50(29-27-47)69(3,4)5)40-58-67(60)79(62)76(17)37-23-22-35-74(58,76)15/h18-19,24-33,38-44,63H,20-23,34-37H2,1-17H3. The summed E-state index contributed by atoms with van der Waals surface area (Å²) in [7, 11) is 0. The molecule has 2 nitrogen and oxygen atoms in total. The van der Waals surface area contributed by atoms with E-state index in [0.717, 1.165) is 0 Å². The highest BCUT2D eigenvalue weighted by molar-refractivity contribution is 7.00. The van der Waals surface area contributed by atoms with Crippen molar-refractivity contribution in [3.63, 3.8) is 0 Å². The van der Waals surface area contributed by atoms with Crippen LogP contribution in [0.1, 0.15) is 222 Å². The van der Waals surface area contributed by atoms with Crippen molar-refractivity contribution < 1.29 is 0 Å². The normalized spacial score (nSPS) is 25.7. The van der Waals surface area contributed by atoms with Crippen LogP contribution < -0.4 is 26.2 Å². The molecule has 2 fully saturated rings. The van der Waals surface area contributed by atoms with Crippen LogP contribution in [0.15, 0.2) is 115 Å². The molecule has 5 unspecified atom stereocenters. The summed E-state index contributed by atoms with van der Waals surface area (Å²) in [6.07, 6.45) is 9.90. The molecule has 0 radical (unpaired) electrons. The molecule has 0 spiro atoms. The fourth-order valence-electron chi connectivity index (χ4n) is 18.3. The molecule has 404 valence electrons. The highest BCUT2D eigenvalue weighted by atomic mass is 15.3. The van der Waals surface area contributed by atoms with Crippen molar-refractivity contribution in [1.29, 1.82) is 0 Å². The van der Waals surface area contributed by atoms with Gasteiger partial charge < -0.3 is 9.80 Å². The van der Waals surface area contributed by atoms with Crippen molar-refractivity contribution >= 4 is 51.5 Å². The first-order valence-electron chi connectivity index (χ1n) is 30.7. The highest BCUT2D eigenvalue weighted by Crippen LogP contribution is 2.69. The summed E-state index contributed by atoms with van der Waals surface area (Å²) in [5.41, 5.74) is 32.9. The molecule has 0 N–H and O–H groups in total. The third kappa shape index (κ3) is 6.66. The van der Waals surface area contributed by atoms with Crippen LogP contribution in [0, 0.1) is 19.3 Å². The molecule has 7 aromatic carbocycles. The first kappa shape index (κ1) is 51.4. The lowest BCUT2D eigenvalue weighted by molar-refractivity contribution is 0.0923. The zero-order valence-electron chi connectivity index (χ0n) is 51.2. The number of hydrogen-bond acceptors (Lipinski definition) is 2. The predicted octanol–water partition coefficient (Wildman–Crippen LogP) is 18.5. The SMILES string of the molecule is Cc1cc(C(C)(C)C)cc(C)c1N1c2cc(C3c4ccc(C(C)(C)C)cc4C4(C)CCCCC34C)cc3c2B(c2ccc4c(c21)C(C)(C)c1ccccc1-4)c1cc(-c2ccc(C(C)(C)C)cc2)cc2c1N3C1(C)CCCCC21C. The number of hydrogen-bond donors (Lipinski definition) is 0. The molecule has 3 heteroatoms. The average Bonchev–Trinajstić information content (AvgIpc) is 2.51. The quantitative estimate of drug-likeness (QED) is 0.163. The topological polar surface area (TPSA) is 6.48 Å². The number of anilines is 5. The lowest BCUT2D eigenvalue weighted by atomic mass is 9.33. The van der Waals surface area contributed by atoms with E-state index in [-0.39, 0.29) is 56.1 Å². The summed E-state index contributed by atoms with van der Waals surface area (Å²) in [4.78, 5) is 5.90. The Labute approximate surface area is 475 Å². The van der Waals surface area contributed by atoms with Gasteiger partial charge in [0.25, 0.3) is 6.71 Å². The second-order valence-corrected chi connectivity index (χ2v) is 30.9. The van der Waals surface area contributed by atoms with E-state index in [2.05, 4.69) is 243 Å². The maximum atomic E-state index is 3.02. The monoisotopic (exact) mass is 1040 g/mol. The Balaban J connectivity index is 1.14. The zero-order valence-corrected chi connectivity index (χ0v) is 51.2. The summed E-state index contributed by atoms with van der Waals surface area (Å²) >= 11 is 0. The van der Waals surface area contributed by atoms with Gasteiger partial charge in [-0.15, -0.1) is 0 Å². The van der Waals surface area contributed by atoms with Crippen LogP contribution in [0.2, 0.25) is 0 Å². The smallest absolute Gasteiger partial charge is 0.252 e. The number of rotatable bonds is 3. The third-order valence-electron chi connectivity index (χ3n) is 23.1. The molecule has 0 amide bonds. The predicted molar refractivity (Wildman–Crippen MR) is 339 cm³/mol. The van der Waals surface area contributed by atoms with Crippen LogP contribution in [-0.4, -0.2) is 12.3 Å². The molecule has 0 aromatic heterocycles. The zero-order chi connectivity index (χ0) is 55.7. The van der Waals surface area contributed by atoms with Crippen LogP contribution in [0.25, 0.3) is 22.3 Å². The summed E-state index contributed by atoms with van der Waals surface area (Å²) in [5, 5.41) is 0. The molecule has 5 atom stereocenters. The molecular formula is C76H87BN2. The van der Waals surface area contributed by atoms with E-state index in [1.807, 2.05) is 0 Å². The molecule has 3 aliphatic heterocycles. The van der Waals surface area contributed by atoms with Crippen LogP contribution in [0.5, 0.6) is 0 Å². The van der Waals surface area contributed by atoms with E-state index in [1.54, 1.807) is 16.7 Å². The van der Waals surface area contributed by atoms with Gasteiger partial charge in [-0.1, -0.05) is 220 Å². The first-order chi connectivity index (χ1) is 37.1. The lowest BCUT2D eigenvalue weighted by Crippen LogP contribution is -2.65. The van der Waals surface area contributed by atoms with Gasteiger partial charge in [-0.3, -0.25) is 0 Å². The van der Waals surface area contributed by atoms with Crippen LogP contribution in [-0.2, 0) is 32.5 Å². The van der Waals surface area contributed by atoms with Crippen molar-refractivity contribution in [2.24, 2.45) is 5.41 Å². The Morgan fingerprint density at radius 3 is 1.78 bits per heavy atom. The van der Waals surface area contributed by atoms with Crippen molar-refractivity contribution in [1.82, 2.24) is 0 Å². The maximum absolute atomic E-state index is 3.02. The highest BCUT2D eigenvalue weighted by Gasteiger charge is 2.63. The number of fused-ring (bicyclic) bond motifs is 14. The molecule has 14 rings (SSSR count). The van der Waals surface area contributed by atoms with E-state index in [4.69, 9.17) is 0 Å². The van der Waals surface area contributed by atoms with Crippen molar-refractivity contribution in [3.8, 4) is 22.3 Å². The summed E-state index contributed by atoms with van der Waals surface area (Å²) in [6, 6.07) is 48.0. The minimum Gasteiger partial charge on any atom is -0.335 e. The average molecular weight is 1040 g/mol. The van der Waals surface area contributed by atoms with Gasteiger partial charge in [-0.05, 0) is 192 Å². The summed E-state index contributed by atoms with van der Waals surface area (Å²) in [6.45, 7) is 42.1. The van der Waals surface area contributed by atoms with E-state index in [9.17, 15) is 0 Å². The van der Waals surface area contributed by atoms with Crippen LogP contribution in [0.4, 0.5) is 28.4 Å². The molecule has 7 aromatic rings. The van der Waals surface area contributed by atoms with Gasteiger partial charge in [0.1, 0.15) is 0 Å². The molecule has 7 aliphatic rings. The fourth-order valence-corrected chi connectivity index (χ4v) is 18.3. The largest absolute Gasteiger partial charge is 0.335 e. The molecule has 0 saturated heterocycles. The summed E-state index contributed by atoms with van der Waals surface area (Å²) in [5.74, 6) is 0.241. The number of aryl methyl sites for hydroxylation is 2. The van der Waals surface area contributed by atoms with Crippen molar-refractivity contribution in [3.05, 3.63) is 176 Å². The van der Waals surface area contributed by atoms with E-state index in [1.165, 1.54) is 163 Å². The second kappa shape index (κ2) is 16.2. The number of benzene rings is 7. The van der Waals surface area contributed by atoms with Crippen LogP contribution >= 0.6 is 0 Å². The minimum absolute atomic E-state index is 0.0117. The molecule has 0 bridgehead atoms. The van der Waals surface area contributed by atoms with Gasteiger partial charge in [0.05, 0.1) is 11.2 Å². The van der Waals surface area contributed by atoms with Crippen molar-refractivity contribution in [2.75, 3.05) is 9.80 Å². The molecule has 79 heavy (non-hydrogen) atoms. The van der Waals surface area contributed by atoms with Gasteiger partial charge in [0.2, 0.25) is 0 Å². The maximum Gasteiger partial charge on any atom is 0.252 e. The van der Waals surface area contributed by atoms with Gasteiger partial charge in [0, 0.05) is 39.5 Å². The van der Waals surface area contributed by atoms with E-state index < -0.39 is 0 Å². The Bertz CT molecular complexity index is 3750. The molecule has 3 heterocycles. The van der Waals surface area contributed by atoms with Crippen molar-refractivity contribution in [2.45, 2.75) is 213 Å². The van der Waals surface area contributed by atoms with E-state index >= 15 is 0 Å². The van der Waals surface area contributed by atoms with Gasteiger partial charge in [0.15, 0.2) is 0 Å². The Hall–Kier alpha value is -5.80. The lowest BCUT2D eigenvalue weighted by Gasteiger charge is -2.53. The Morgan fingerprint density at radius 2 is 1.10 bits per heavy atom. The third-order valence-corrected chi connectivity index (χ3v) is 23.1. The van der Waals surface area contributed by atoms with E-state index in [0.29, 0.717) is 0 Å². The number of nitrogens with zero attached hydrogens (tertiary/aromatic N) is 2. The van der Waals surface area contributed by atoms with Gasteiger partial charge in [-0.25, -0.2) is 0 Å². The summed E-state index contributed by atoms with van der Waals surface area (Å²) < 4.78 is 0. The Morgan fingerprint density at radius 1 is 0.481 bits per heavy atom.